The highest BCUT2D eigenvalue weighted by atomic mass is 14.7. The number of hydrogen-bond acceptors (Lipinski definition) is 2. The van der Waals surface area contributed by atoms with Crippen LogP contribution in [0.2, 0.25) is 0 Å². The van der Waals surface area contributed by atoms with Gasteiger partial charge in [0.15, 0.2) is 0 Å². The first-order valence-electron chi connectivity index (χ1n) is 5.02. The van der Waals surface area contributed by atoms with Gasteiger partial charge < -0.3 is 0 Å². The molecule has 0 aliphatic rings. The fourth-order valence-electron chi connectivity index (χ4n) is 1.46. The molecule has 0 saturated heterocycles. The van der Waals surface area contributed by atoms with Crippen molar-refractivity contribution in [3.8, 4) is 0 Å². The molecule has 0 saturated carbocycles. The lowest BCUT2D eigenvalue weighted by atomic mass is 10.0. The minimum atomic E-state index is 0.515. The third-order valence-corrected chi connectivity index (χ3v) is 2.63. The Hall–Kier alpha value is -1.44. The molecule has 14 heavy (non-hydrogen) atoms. The van der Waals surface area contributed by atoms with E-state index < -0.39 is 0 Å². The Kier molecular flexibility index (Phi) is 2.44. The van der Waals surface area contributed by atoms with Gasteiger partial charge in [0.1, 0.15) is 0 Å². The molecule has 2 aromatic heterocycles. The van der Waals surface area contributed by atoms with Crippen LogP contribution in [0.1, 0.15) is 31.9 Å². The van der Waals surface area contributed by atoms with Crippen LogP contribution in [-0.4, -0.2) is 9.97 Å². The van der Waals surface area contributed by atoms with Crippen LogP contribution < -0.4 is 0 Å². The third-order valence-electron chi connectivity index (χ3n) is 2.63. The highest BCUT2D eigenvalue weighted by Gasteiger charge is 2.05. The summed E-state index contributed by atoms with van der Waals surface area (Å²) in [6.07, 6.45) is 4.85. The number of hydrogen-bond donors (Lipinski definition) is 0. The molecule has 0 aliphatic heterocycles. The molecule has 2 rings (SSSR count). The van der Waals surface area contributed by atoms with Gasteiger partial charge in [-0.2, -0.15) is 0 Å². The van der Waals surface area contributed by atoms with Crippen LogP contribution in [0.5, 0.6) is 0 Å². The summed E-state index contributed by atoms with van der Waals surface area (Å²) in [6.45, 7) is 4.37. The molecule has 2 aromatic rings. The molecule has 0 bridgehead atoms. The van der Waals surface area contributed by atoms with Gasteiger partial charge >= 0.3 is 0 Å². The monoisotopic (exact) mass is 186 g/mol. The normalized spacial score (nSPS) is 13.0. The molecule has 2 nitrogen and oxygen atoms in total. The van der Waals surface area contributed by atoms with Crippen molar-refractivity contribution in [2.45, 2.75) is 26.2 Å². The van der Waals surface area contributed by atoms with E-state index in [4.69, 9.17) is 0 Å². The Morgan fingerprint density at radius 1 is 1.36 bits per heavy atom. The molecule has 1 atom stereocenters. The van der Waals surface area contributed by atoms with Gasteiger partial charge in [-0.1, -0.05) is 13.8 Å². The summed E-state index contributed by atoms with van der Waals surface area (Å²) in [5.74, 6) is 0.515. The van der Waals surface area contributed by atoms with Gasteiger partial charge in [-0.05, 0) is 30.5 Å². The molecule has 0 amide bonds. The molecule has 2 heteroatoms. The number of rotatable bonds is 2. The first kappa shape index (κ1) is 9.13. The first-order valence-corrected chi connectivity index (χ1v) is 5.02. The highest BCUT2D eigenvalue weighted by molar-refractivity contribution is 5.77. The van der Waals surface area contributed by atoms with E-state index in [9.17, 15) is 0 Å². The van der Waals surface area contributed by atoms with Crippen molar-refractivity contribution in [1.29, 1.82) is 0 Å². The van der Waals surface area contributed by atoms with Crippen molar-refractivity contribution in [2.24, 2.45) is 0 Å². The number of aromatic nitrogens is 2. The Bertz CT molecular complexity index is 437. The van der Waals surface area contributed by atoms with E-state index in [0.717, 1.165) is 23.0 Å². The maximum atomic E-state index is 4.44. The Balaban J connectivity index is 2.51. The van der Waals surface area contributed by atoms with E-state index in [2.05, 4.69) is 29.9 Å². The molecule has 0 radical (unpaired) electrons. The van der Waals surface area contributed by atoms with Crippen LogP contribution in [0.4, 0.5) is 0 Å². The Labute approximate surface area is 84.0 Å². The smallest absolute Gasteiger partial charge is 0.0735 e. The molecule has 0 aromatic carbocycles. The molecule has 0 aliphatic carbocycles. The van der Waals surface area contributed by atoms with Gasteiger partial charge in [0.2, 0.25) is 0 Å². The summed E-state index contributed by atoms with van der Waals surface area (Å²) >= 11 is 0. The van der Waals surface area contributed by atoms with Crippen molar-refractivity contribution >= 4 is 10.9 Å². The van der Waals surface area contributed by atoms with Crippen LogP contribution in [0.15, 0.2) is 30.6 Å². The topological polar surface area (TPSA) is 25.8 Å². The van der Waals surface area contributed by atoms with E-state index in [-0.39, 0.29) is 0 Å². The summed E-state index contributed by atoms with van der Waals surface area (Å²) in [6, 6.07) is 6.06. The molecule has 2 heterocycles. The molecule has 0 fully saturated rings. The minimum absolute atomic E-state index is 0.515. The minimum Gasteiger partial charge on any atom is -0.260 e. The van der Waals surface area contributed by atoms with Crippen LogP contribution in [0, 0.1) is 0 Å². The van der Waals surface area contributed by atoms with Gasteiger partial charge in [-0.25, -0.2) is 0 Å². The zero-order valence-corrected chi connectivity index (χ0v) is 8.57. The summed E-state index contributed by atoms with van der Waals surface area (Å²) in [4.78, 5) is 8.76. The van der Waals surface area contributed by atoms with Gasteiger partial charge in [-0.3, -0.25) is 9.97 Å². The molecule has 1 unspecified atom stereocenters. The summed E-state index contributed by atoms with van der Waals surface area (Å²) in [5.41, 5.74) is 2.18. The second-order valence-corrected chi connectivity index (χ2v) is 3.61. The lowest BCUT2D eigenvalue weighted by molar-refractivity contribution is 0.709. The maximum Gasteiger partial charge on any atom is 0.0735 e. The van der Waals surface area contributed by atoms with Gasteiger partial charge in [0.05, 0.1) is 5.52 Å². The van der Waals surface area contributed by atoms with Crippen LogP contribution >= 0.6 is 0 Å². The lowest BCUT2D eigenvalue weighted by Crippen LogP contribution is -1.95. The van der Waals surface area contributed by atoms with E-state index in [0.29, 0.717) is 5.92 Å². The van der Waals surface area contributed by atoms with Crippen LogP contribution in [0.25, 0.3) is 10.9 Å². The average Bonchev–Trinajstić information content (AvgIpc) is 2.27. The standard InChI is InChI=1S/C12H14N2/c1-3-9(2)11-7-12-10(8-14-11)5-4-6-13-12/h4-9H,3H2,1-2H3. The fourth-order valence-corrected chi connectivity index (χ4v) is 1.46. The second kappa shape index (κ2) is 3.74. The fraction of sp³-hybridized carbons (Fsp3) is 0.333. The quantitative estimate of drug-likeness (QED) is 0.720. The molecule has 72 valence electrons. The van der Waals surface area contributed by atoms with Crippen molar-refractivity contribution in [2.75, 3.05) is 0 Å². The summed E-state index contributed by atoms with van der Waals surface area (Å²) in [7, 11) is 0. The first-order chi connectivity index (χ1) is 6.81. The molecular weight excluding hydrogens is 172 g/mol. The van der Waals surface area contributed by atoms with Crippen molar-refractivity contribution in [3.05, 3.63) is 36.3 Å². The van der Waals surface area contributed by atoms with Crippen molar-refractivity contribution < 1.29 is 0 Å². The molecule has 0 spiro atoms. The van der Waals surface area contributed by atoms with Gasteiger partial charge in [0, 0.05) is 23.5 Å². The highest BCUT2D eigenvalue weighted by Crippen LogP contribution is 2.19. The zero-order chi connectivity index (χ0) is 9.97. The Morgan fingerprint density at radius 3 is 3.00 bits per heavy atom. The van der Waals surface area contributed by atoms with E-state index in [1.54, 1.807) is 0 Å². The maximum absolute atomic E-state index is 4.44. The van der Waals surface area contributed by atoms with E-state index in [1.807, 2.05) is 24.5 Å². The molecule has 0 N–H and O–H groups in total. The number of pyridine rings is 2. The predicted molar refractivity (Wildman–Crippen MR) is 58.2 cm³/mol. The number of fused-ring (bicyclic) bond motifs is 1. The van der Waals surface area contributed by atoms with Crippen LogP contribution in [-0.2, 0) is 0 Å². The summed E-state index contributed by atoms with van der Waals surface area (Å²) in [5, 5.41) is 1.11. The SMILES string of the molecule is CCC(C)c1cc2ncccc2cn1. The van der Waals surface area contributed by atoms with Gasteiger partial charge in [-0.15, -0.1) is 0 Å². The van der Waals surface area contributed by atoms with Crippen molar-refractivity contribution in [1.82, 2.24) is 9.97 Å². The summed E-state index contributed by atoms with van der Waals surface area (Å²) < 4.78 is 0. The Morgan fingerprint density at radius 2 is 2.21 bits per heavy atom. The largest absolute Gasteiger partial charge is 0.260 e. The van der Waals surface area contributed by atoms with Crippen LogP contribution in [0.3, 0.4) is 0 Å². The van der Waals surface area contributed by atoms with Crippen molar-refractivity contribution in [3.63, 3.8) is 0 Å². The van der Waals surface area contributed by atoms with Gasteiger partial charge in [0.25, 0.3) is 0 Å². The third kappa shape index (κ3) is 1.60. The second-order valence-electron chi connectivity index (χ2n) is 3.61. The van der Waals surface area contributed by atoms with E-state index >= 15 is 0 Å². The zero-order valence-electron chi connectivity index (χ0n) is 8.57. The predicted octanol–water partition coefficient (Wildman–Crippen LogP) is 3.14. The average molecular weight is 186 g/mol. The lowest BCUT2D eigenvalue weighted by Gasteiger charge is -2.07. The van der Waals surface area contributed by atoms with E-state index in [1.165, 1.54) is 0 Å². The number of nitrogens with zero attached hydrogens (tertiary/aromatic N) is 2. The molecular formula is C12H14N2.